The molecule has 1 saturated carbocycles. The van der Waals surface area contributed by atoms with Crippen LogP contribution >= 0.6 is 0 Å². The van der Waals surface area contributed by atoms with Crippen LogP contribution in [-0.2, 0) is 14.3 Å². The van der Waals surface area contributed by atoms with Gasteiger partial charge in [-0.3, -0.25) is 9.59 Å². The predicted molar refractivity (Wildman–Crippen MR) is 78.1 cm³/mol. The zero-order chi connectivity index (χ0) is 15.3. The van der Waals surface area contributed by atoms with Crippen molar-refractivity contribution in [3.05, 3.63) is 0 Å². The molecule has 120 valence electrons. The average molecular weight is 298 g/mol. The first kappa shape index (κ1) is 16.2. The molecule has 1 atom stereocenters. The molecule has 6 heteroatoms. The molecule has 0 aromatic heterocycles. The maximum absolute atomic E-state index is 12.5. The minimum atomic E-state index is -0.881. The molecule has 1 amide bonds. The summed E-state index contributed by atoms with van der Waals surface area (Å²) in [6.45, 7) is 1.38. The van der Waals surface area contributed by atoms with Gasteiger partial charge in [0.1, 0.15) is 0 Å². The van der Waals surface area contributed by atoms with Crippen molar-refractivity contribution in [3.63, 3.8) is 0 Å². The minimum Gasteiger partial charge on any atom is -0.481 e. The van der Waals surface area contributed by atoms with E-state index in [0.29, 0.717) is 26.1 Å². The standard InChI is InChI=1S/C15H26N2O4/c1-16-15(5-3-2-4-6-15)10-13(18)17-7-8-21-12(11-17)9-14(19)20/h12,16H,2-11H2,1H3,(H,19,20). The molecule has 0 bridgehead atoms. The lowest BCUT2D eigenvalue weighted by Crippen LogP contribution is -2.52. The summed E-state index contributed by atoms with van der Waals surface area (Å²) in [6.07, 6.45) is 5.74. The molecule has 2 fully saturated rings. The fourth-order valence-corrected chi connectivity index (χ4v) is 3.41. The molecule has 21 heavy (non-hydrogen) atoms. The van der Waals surface area contributed by atoms with Crippen LogP contribution < -0.4 is 5.32 Å². The molecule has 1 aliphatic carbocycles. The number of carbonyl (C=O) groups is 2. The second kappa shape index (κ2) is 7.22. The Morgan fingerprint density at radius 2 is 2.05 bits per heavy atom. The van der Waals surface area contributed by atoms with Gasteiger partial charge >= 0.3 is 5.97 Å². The van der Waals surface area contributed by atoms with Crippen molar-refractivity contribution in [2.45, 2.75) is 56.6 Å². The summed E-state index contributed by atoms with van der Waals surface area (Å²) in [6, 6.07) is 0. The number of nitrogens with one attached hydrogen (secondary N) is 1. The molecule has 6 nitrogen and oxygen atoms in total. The summed E-state index contributed by atoms with van der Waals surface area (Å²) in [4.78, 5) is 25.1. The highest BCUT2D eigenvalue weighted by atomic mass is 16.5. The highest BCUT2D eigenvalue weighted by Gasteiger charge is 2.35. The molecule has 1 heterocycles. The normalized spacial score (nSPS) is 25.6. The first-order chi connectivity index (χ1) is 10.0. The second-order valence-corrected chi connectivity index (χ2v) is 6.20. The Kier molecular flexibility index (Phi) is 5.58. The van der Waals surface area contributed by atoms with Crippen LogP contribution in [0.4, 0.5) is 0 Å². The third kappa shape index (κ3) is 4.41. The van der Waals surface area contributed by atoms with E-state index in [0.717, 1.165) is 12.8 Å². The van der Waals surface area contributed by atoms with Gasteiger partial charge in [0.15, 0.2) is 0 Å². The molecule has 2 rings (SSSR count). The minimum absolute atomic E-state index is 0.0407. The molecule has 1 unspecified atom stereocenters. The number of morpholine rings is 1. The fourth-order valence-electron chi connectivity index (χ4n) is 3.41. The van der Waals surface area contributed by atoms with E-state index >= 15 is 0 Å². The summed E-state index contributed by atoms with van der Waals surface area (Å²) in [5.74, 6) is -0.766. The lowest BCUT2D eigenvalue weighted by molar-refractivity contribution is -0.148. The van der Waals surface area contributed by atoms with Crippen molar-refractivity contribution in [2.75, 3.05) is 26.7 Å². The average Bonchev–Trinajstić information content (AvgIpc) is 2.48. The molecule has 2 aliphatic rings. The molecular weight excluding hydrogens is 272 g/mol. The molecule has 1 saturated heterocycles. The van der Waals surface area contributed by atoms with Crippen LogP contribution in [-0.4, -0.2) is 60.3 Å². The number of amides is 1. The third-order valence-electron chi connectivity index (χ3n) is 4.72. The number of hydrogen-bond donors (Lipinski definition) is 2. The van der Waals surface area contributed by atoms with E-state index in [1.54, 1.807) is 4.90 Å². The van der Waals surface area contributed by atoms with Crippen LogP contribution in [0.2, 0.25) is 0 Å². The molecule has 0 radical (unpaired) electrons. The van der Waals surface area contributed by atoms with Crippen molar-refractivity contribution in [3.8, 4) is 0 Å². The van der Waals surface area contributed by atoms with Gasteiger partial charge in [0.05, 0.1) is 19.1 Å². The summed E-state index contributed by atoms with van der Waals surface area (Å²) in [5, 5.41) is 12.2. The van der Waals surface area contributed by atoms with Crippen LogP contribution in [0.5, 0.6) is 0 Å². The van der Waals surface area contributed by atoms with Crippen molar-refractivity contribution in [1.29, 1.82) is 0 Å². The number of aliphatic carboxylic acids is 1. The van der Waals surface area contributed by atoms with Gasteiger partial charge in [0.2, 0.25) is 5.91 Å². The largest absolute Gasteiger partial charge is 0.481 e. The number of carboxylic acid groups (broad SMARTS) is 1. The summed E-state index contributed by atoms with van der Waals surface area (Å²) >= 11 is 0. The highest BCUT2D eigenvalue weighted by molar-refractivity contribution is 5.78. The van der Waals surface area contributed by atoms with E-state index in [2.05, 4.69) is 5.32 Å². The SMILES string of the molecule is CNC1(CC(=O)N2CCOC(CC(=O)O)C2)CCCCC1. The molecule has 0 aromatic carbocycles. The van der Waals surface area contributed by atoms with E-state index in [1.807, 2.05) is 7.05 Å². The van der Waals surface area contributed by atoms with E-state index < -0.39 is 5.97 Å². The number of carbonyl (C=O) groups excluding carboxylic acids is 1. The molecular formula is C15H26N2O4. The van der Waals surface area contributed by atoms with Gasteiger partial charge in [-0.1, -0.05) is 19.3 Å². The van der Waals surface area contributed by atoms with Gasteiger partial charge in [0.25, 0.3) is 0 Å². The topological polar surface area (TPSA) is 78.9 Å². The zero-order valence-electron chi connectivity index (χ0n) is 12.8. The maximum Gasteiger partial charge on any atom is 0.306 e. The lowest BCUT2D eigenvalue weighted by atomic mass is 9.79. The van der Waals surface area contributed by atoms with Crippen molar-refractivity contribution in [1.82, 2.24) is 10.2 Å². The number of nitrogens with zero attached hydrogens (tertiary/aromatic N) is 1. The van der Waals surface area contributed by atoms with E-state index in [1.165, 1.54) is 19.3 Å². The number of carboxylic acids is 1. The van der Waals surface area contributed by atoms with Crippen LogP contribution in [0.15, 0.2) is 0 Å². The van der Waals surface area contributed by atoms with Crippen molar-refractivity contribution < 1.29 is 19.4 Å². The van der Waals surface area contributed by atoms with Crippen molar-refractivity contribution in [2.24, 2.45) is 0 Å². The first-order valence-corrected chi connectivity index (χ1v) is 7.85. The Labute approximate surface area is 125 Å². The molecule has 2 N–H and O–H groups in total. The molecule has 0 spiro atoms. The maximum atomic E-state index is 12.5. The second-order valence-electron chi connectivity index (χ2n) is 6.20. The number of ether oxygens (including phenoxy) is 1. The van der Waals surface area contributed by atoms with Crippen LogP contribution in [0.1, 0.15) is 44.9 Å². The quantitative estimate of drug-likeness (QED) is 0.791. The number of rotatable bonds is 5. The highest BCUT2D eigenvalue weighted by Crippen LogP contribution is 2.31. The fraction of sp³-hybridized carbons (Fsp3) is 0.867. The van der Waals surface area contributed by atoms with E-state index in [-0.39, 0.29) is 24.0 Å². The van der Waals surface area contributed by atoms with Gasteiger partial charge in [-0.2, -0.15) is 0 Å². The van der Waals surface area contributed by atoms with Crippen LogP contribution in [0.3, 0.4) is 0 Å². The summed E-state index contributed by atoms with van der Waals surface area (Å²) in [7, 11) is 1.94. The van der Waals surface area contributed by atoms with Gasteiger partial charge < -0.3 is 20.1 Å². The molecule has 0 aromatic rings. The Morgan fingerprint density at radius 1 is 1.33 bits per heavy atom. The first-order valence-electron chi connectivity index (χ1n) is 7.85. The Hall–Kier alpha value is -1.14. The molecule has 1 aliphatic heterocycles. The van der Waals surface area contributed by atoms with E-state index in [4.69, 9.17) is 9.84 Å². The van der Waals surface area contributed by atoms with Crippen LogP contribution in [0.25, 0.3) is 0 Å². The zero-order valence-corrected chi connectivity index (χ0v) is 12.8. The Balaban J connectivity index is 1.91. The Bertz CT molecular complexity index is 380. The van der Waals surface area contributed by atoms with Crippen molar-refractivity contribution >= 4 is 11.9 Å². The van der Waals surface area contributed by atoms with Gasteiger partial charge in [-0.05, 0) is 19.9 Å². The van der Waals surface area contributed by atoms with Gasteiger partial charge in [0, 0.05) is 25.0 Å². The predicted octanol–water partition coefficient (Wildman–Crippen LogP) is 1.00. The smallest absolute Gasteiger partial charge is 0.306 e. The van der Waals surface area contributed by atoms with Gasteiger partial charge in [-0.25, -0.2) is 0 Å². The lowest BCUT2D eigenvalue weighted by Gasteiger charge is -2.39. The number of hydrogen-bond acceptors (Lipinski definition) is 4. The monoisotopic (exact) mass is 298 g/mol. The van der Waals surface area contributed by atoms with Crippen LogP contribution in [0, 0.1) is 0 Å². The van der Waals surface area contributed by atoms with E-state index in [9.17, 15) is 9.59 Å². The summed E-state index contributed by atoms with van der Waals surface area (Å²) in [5.41, 5.74) is -0.0735. The summed E-state index contributed by atoms with van der Waals surface area (Å²) < 4.78 is 5.42. The third-order valence-corrected chi connectivity index (χ3v) is 4.72. The Morgan fingerprint density at radius 3 is 2.67 bits per heavy atom. The van der Waals surface area contributed by atoms with Gasteiger partial charge in [-0.15, -0.1) is 0 Å².